The highest BCUT2D eigenvalue weighted by Crippen LogP contribution is 2.24. The second kappa shape index (κ2) is 7.60. The van der Waals surface area contributed by atoms with E-state index >= 15 is 0 Å². The van der Waals surface area contributed by atoms with Crippen molar-refractivity contribution in [3.63, 3.8) is 0 Å². The lowest BCUT2D eigenvalue weighted by molar-refractivity contribution is 0.631. The van der Waals surface area contributed by atoms with Crippen LogP contribution in [0.3, 0.4) is 0 Å². The molecule has 4 heterocycles. The highest BCUT2D eigenvalue weighted by Gasteiger charge is 2.12. The third-order valence-electron chi connectivity index (χ3n) is 4.33. The molecule has 0 unspecified atom stereocenters. The van der Waals surface area contributed by atoms with Crippen LogP contribution in [0.5, 0.6) is 0 Å². The molecule has 0 aliphatic heterocycles. The molecule has 0 bridgehead atoms. The zero-order valence-electron chi connectivity index (χ0n) is 14.6. The number of imidazole rings is 1. The van der Waals surface area contributed by atoms with Gasteiger partial charge in [0.05, 0.1) is 10.6 Å². The minimum Gasteiger partial charge on any atom is -0.334 e. The summed E-state index contributed by atoms with van der Waals surface area (Å²) in [5.41, 5.74) is 3.01. The van der Waals surface area contributed by atoms with Gasteiger partial charge in [0.1, 0.15) is 5.82 Å². The van der Waals surface area contributed by atoms with Crippen LogP contribution in [0.1, 0.15) is 23.8 Å². The van der Waals surface area contributed by atoms with Gasteiger partial charge in [-0.05, 0) is 36.9 Å². The maximum Gasteiger partial charge on any atom is 0.155 e. The molecule has 0 saturated carbocycles. The normalized spacial score (nSPS) is 11.5. The van der Waals surface area contributed by atoms with Crippen molar-refractivity contribution in [3.05, 3.63) is 59.3 Å². The first kappa shape index (κ1) is 17.2. The van der Waals surface area contributed by atoms with Crippen molar-refractivity contribution in [3.8, 4) is 10.6 Å². The van der Waals surface area contributed by atoms with Gasteiger partial charge in [-0.2, -0.15) is 5.10 Å². The van der Waals surface area contributed by atoms with Gasteiger partial charge >= 0.3 is 0 Å². The molecule has 4 aromatic rings. The van der Waals surface area contributed by atoms with Gasteiger partial charge in [0, 0.05) is 37.2 Å². The van der Waals surface area contributed by atoms with E-state index in [1.807, 2.05) is 29.6 Å². The summed E-state index contributed by atoms with van der Waals surface area (Å²) < 4.78 is 4.12. The summed E-state index contributed by atoms with van der Waals surface area (Å²) in [5.74, 6) is 2.57. The summed E-state index contributed by atoms with van der Waals surface area (Å²) in [6, 6.07) is 10.2. The van der Waals surface area contributed by atoms with Gasteiger partial charge in [0.25, 0.3) is 0 Å². The molecule has 0 amide bonds. The van der Waals surface area contributed by atoms with Crippen LogP contribution in [-0.4, -0.2) is 30.0 Å². The molecular formula is C19H20ClN5S. The number of hydrogen-bond acceptors (Lipinski definition) is 4. The van der Waals surface area contributed by atoms with Crippen molar-refractivity contribution in [1.29, 1.82) is 0 Å². The predicted octanol–water partition coefficient (Wildman–Crippen LogP) is 4.38. The summed E-state index contributed by atoms with van der Waals surface area (Å²) in [6.07, 6.45) is 4.64. The number of aryl methyl sites for hydroxylation is 4. The highest BCUT2D eigenvalue weighted by atomic mass is 35.5. The van der Waals surface area contributed by atoms with Crippen LogP contribution in [0, 0.1) is 6.92 Å². The molecule has 0 spiro atoms. The Morgan fingerprint density at radius 3 is 2.81 bits per heavy atom. The third-order valence-corrected chi connectivity index (χ3v) is 5.49. The van der Waals surface area contributed by atoms with Gasteiger partial charge in [-0.15, -0.1) is 22.9 Å². The minimum atomic E-state index is 0.652. The van der Waals surface area contributed by atoms with E-state index in [0.29, 0.717) is 5.88 Å². The van der Waals surface area contributed by atoms with Crippen molar-refractivity contribution in [2.45, 2.75) is 32.7 Å². The van der Waals surface area contributed by atoms with Gasteiger partial charge in [-0.1, -0.05) is 12.1 Å². The summed E-state index contributed by atoms with van der Waals surface area (Å²) in [6.45, 7) is 2.92. The van der Waals surface area contributed by atoms with Crippen LogP contribution < -0.4 is 0 Å². The molecule has 4 aromatic heterocycles. The van der Waals surface area contributed by atoms with Gasteiger partial charge < -0.3 is 4.57 Å². The fraction of sp³-hybridized carbons (Fsp3) is 0.316. The maximum absolute atomic E-state index is 5.89. The number of nitrogens with zero attached hydrogens (tertiary/aromatic N) is 5. The monoisotopic (exact) mass is 385 g/mol. The molecule has 0 aromatic carbocycles. The Hall–Kier alpha value is -2.18. The highest BCUT2D eigenvalue weighted by molar-refractivity contribution is 7.13. The fourth-order valence-corrected chi connectivity index (χ4v) is 3.83. The molecule has 0 saturated heterocycles. The van der Waals surface area contributed by atoms with E-state index in [0.717, 1.165) is 54.5 Å². The number of thiophene rings is 1. The summed E-state index contributed by atoms with van der Waals surface area (Å²) >= 11 is 7.60. The number of pyridine rings is 1. The number of hydrogen-bond donors (Lipinski definition) is 0. The van der Waals surface area contributed by atoms with E-state index < -0.39 is 0 Å². The van der Waals surface area contributed by atoms with Crippen LogP contribution in [0.25, 0.3) is 16.2 Å². The van der Waals surface area contributed by atoms with Crippen LogP contribution in [0.4, 0.5) is 0 Å². The van der Waals surface area contributed by atoms with Crippen LogP contribution >= 0.6 is 22.9 Å². The molecule has 4 rings (SSSR count). The van der Waals surface area contributed by atoms with E-state index in [1.54, 1.807) is 11.3 Å². The van der Waals surface area contributed by atoms with Crippen LogP contribution in [0.15, 0.2) is 41.9 Å². The zero-order chi connectivity index (χ0) is 17.9. The Bertz CT molecular complexity index is 1000. The Morgan fingerprint density at radius 2 is 2.04 bits per heavy atom. The maximum atomic E-state index is 5.89. The van der Waals surface area contributed by atoms with Gasteiger partial charge in [0.15, 0.2) is 11.5 Å². The van der Waals surface area contributed by atoms with E-state index in [-0.39, 0.29) is 0 Å². The van der Waals surface area contributed by atoms with Crippen LogP contribution in [0.2, 0.25) is 0 Å². The molecule has 0 aliphatic rings. The molecule has 0 aliphatic carbocycles. The second-order valence-corrected chi connectivity index (χ2v) is 7.55. The number of halogens is 1. The lowest BCUT2D eigenvalue weighted by atomic mass is 10.3. The van der Waals surface area contributed by atoms with E-state index in [2.05, 4.69) is 38.4 Å². The van der Waals surface area contributed by atoms with E-state index in [1.165, 1.54) is 4.88 Å². The number of aromatic nitrogens is 5. The number of rotatable bonds is 7. The van der Waals surface area contributed by atoms with Crippen LogP contribution in [-0.2, 0) is 19.4 Å². The first-order chi connectivity index (χ1) is 12.7. The smallest absolute Gasteiger partial charge is 0.155 e. The Balaban J connectivity index is 1.56. The lowest BCUT2D eigenvalue weighted by Gasteiger charge is -2.05. The van der Waals surface area contributed by atoms with Crippen molar-refractivity contribution in [2.24, 2.45) is 0 Å². The van der Waals surface area contributed by atoms with Crippen molar-refractivity contribution in [1.82, 2.24) is 24.1 Å². The summed E-state index contributed by atoms with van der Waals surface area (Å²) in [7, 11) is 0. The van der Waals surface area contributed by atoms with Crippen molar-refractivity contribution < 1.29 is 0 Å². The molecule has 5 nitrogen and oxygen atoms in total. The van der Waals surface area contributed by atoms with Gasteiger partial charge in [-0.25, -0.2) is 14.5 Å². The Labute approximate surface area is 161 Å². The molecule has 0 atom stereocenters. The molecule has 7 heteroatoms. The molecule has 26 heavy (non-hydrogen) atoms. The standard InChI is InChI=1S/C19H20ClN5S/c1-14-5-2-7-19-22-17(23-25(14)19)8-9-18-21-15(16-6-3-12-26-16)13-24(18)11-4-10-20/h2-3,5-7,12-13H,4,8-11H2,1H3. The van der Waals surface area contributed by atoms with Gasteiger partial charge in [-0.3, -0.25) is 0 Å². The fourth-order valence-electron chi connectivity index (χ4n) is 3.03. The third kappa shape index (κ3) is 3.52. The first-order valence-electron chi connectivity index (χ1n) is 8.72. The number of fused-ring (bicyclic) bond motifs is 1. The number of alkyl halides is 1. The average Bonchev–Trinajstić information content (AvgIpc) is 3.37. The second-order valence-electron chi connectivity index (χ2n) is 6.22. The zero-order valence-corrected chi connectivity index (χ0v) is 16.2. The topological polar surface area (TPSA) is 48.0 Å². The lowest BCUT2D eigenvalue weighted by Crippen LogP contribution is -2.06. The van der Waals surface area contributed by atoms with Gasteiger partial charge in [0.2, 0.25) is 0 Å². The molecular weight excluding hydrogens is 366 g/mol. The molecule has 134 valence electrons. The average molecular weight is 386 g/mol. The largest absolute Gasteiger partial charge is 0.334 e. The van der Waals surface area contributed by atoms with E-state index in [4.69, 9.17) is 16.6 Å². The van der Waals surface area contributed by atoms with E-state index in [9.17, 15) is 0 Å². The van der Waals surface area contributed by atoms with Crippen molar-refractivity contribution in [2.75, 3.05) is 5.88 Å². The summed E-state index contributed by atoms with van der Waals surface area (Å²) in [5, 5.41) is 6.70. The quantitative estimate of drug-likeness (QED) is 0.443. The SMILES string of the molecule is Cc1cccc2nc(CCc3nc(-c4cccs4)cn3CCCCl)nn12. The Morgan fingerprint density at radius 1 is 1.12 bits per heavy atom. The predicted molar refractivity (Wildman–Crippen MR) is 106 cm³/mol. The first-order valence-corrected chi connectivity index (χ1v) is 10.1. The molecule has 0 radical (unpaired) electrons. The van der Waals surface area contributed by atoms with Crippen molar-refractivity contribution >= 4 is 28.6 Å². The molecule has 0 N–H and O–H groups in total. The minimum absolute atomic E-state index is 0.652. The summed E-state index contributed by atoms with van der Waals surface area (Å²) in [4.78, 5) is 10.7. The Kier molecular flexibility index (Phi) is 5.04. The molecule has 0 fully saturated rings.